The van der Waals surface area contributed by atoms with Crippen LogP contribution in [-0.2, 0) is 6.54 Å². The lowest BCUT2D eigenvalue weighted by Crippen LogP contribution is -2.36. The third kappa shape index (κ3) is 4.56. The molecule has 0 saturated carbocycles. The highest BCUT2D eigenvalue weighted by molar-refractivity contribution is 5.80. The zero-order chi connectivity index (χ0) is 23.5. The molecule has 1 N–H and O–H groups in total. The molecule has 0 aliphatic carbocycles. The molecule has 0 radical (unpaired) electrons. The maximum absolute atomic E-state index is 13.4. The Balaban J connectivity index is 1.60. The van der Waals surface area contributed by atoms with E-state index in [0.717, 1.165) is 49.7 Å². The predicted octanol–water partition coefficient (Wildman–Crippen LogP) is 3.68. The number of aromatic nitrogens is 5. The Morgan fingerprint density at radius 2 is 1.82 bits per heavy atom. The SMILES string of the molecule is COc1ccc2cc([C@@H](c3nnnn3Cc3ccc(F)cc3)N3CCCCCC3)c(=O)[nH]c2c1. The number of pyridine rings is 1. The van der Waals surface area contributed by atoms with E-state index >= 15 is 0 Å². The van der Waals surface area contributed by atoms with Crippen LogP contribution in [0.3, 0.4) is 0 Å². The number of aromatic amines is 1. The molecule has 0 bridgehead atoms. The third-order valence-corrected chi connectivity index (χ3v) is 6.43. The summed E-state index contributed by atoms with van der Waals surface area (Å²) in [5.74, 6) is 0.996. The van der Waals surface area contributed by atoms with Crippen LogP contribution in [0.15, 0.2) is 53.3 Å². The van der Waals surface area contributed by atoms with E-state index in [2.05, 4.69) is 25.4 Å². The van der Waals surface area contributed by atoms with Crippen molar-refractivity contribution in [3.05, 3.63) is 81.7 Å². The van der Waals surface area contributed by atoms with E-state index < -0.39 is 6.04 Å². The number of likely N-dealkylation sites (tertiary alicyclic amines) is 1. The van der Waals surface area contributed by atoms with Crippen LogP contribution < -0.4 is 10.3 Å². The fourth-order valence-electron chi connectivity index (χ4n) is 4.66. The first-order chi connectivity index (χ1) is 16.6. The smallest absolute Gasteiger partial charge is 0.253 e. The number of hydrogen-bond donors (Lipinski definition) is 1. The zero-order valence-corrected chi connectivity index (χ0v) is 19.1. The number of fused-ring (bicyclic) bond motifs is 1. The molecule has 8 nitrogen and oxygen atoms in total. The molecule has 1 aliphatic heterocycles. The monoisotopic (exact) mass is 462 g/mol. The van der Waals surface area contributed by atoms with Crippen LogP contribution in [0, 0.1) is 5.82 Å². The molecule has 1 fully saturated rings. The Morgan fingerprint density at radius 3 is 2.56 bits per heavy atom. The topological polar surface area (TPSA) is 88.9 Å². The summed E-state index contributed by atoms with van der Waals surface area (Å²) in [5, 5.41) is 13.5. The maximum atomic E-state index is 13.4. The van der Waals surface area contributed by atoms with Crippen LogP contribution in [-0.4, -0.2) is 50.3 Å². The molecule has 34 heavy (non-hydrogen) atoms. The molecule has 3 heterocycles. The van der Waals surface area contributed by atoms with Gasteiger partial charge in [0.1, 0.15) is 17.6 Å². The van der Waals surface area contributed by atoms with Gasteiger partial charge in [-0.1, -0.05) is 25.0 Å². The van der Waals surface area contributed by atoms with Crippen molar-refractivity contribution in [2.45, 2.75) is 38.3 Å². The number of nitrogens with one attached hydrogen (secondary N) is 1. The number of H-pyrrole nitrogens is 1. The number of halogens is 1. The first-order valence-electron chi connectivity index (χ1n) is 11.6. The lowest BCUT2D eigenvalue weighted by molar-refractivity contribution is 0.220. The molecular formula is C25H27FN6O2. The highest BCUT2D eigenvalue weighted by Gasteiger charge is 2.31. The molecule has 4 aromatic rings. The van der Waals surface area contributed by atoms with Gasteiger partial charge in [0, 0.05) is 11.6 Å². The zero-order valence-electron chi connectivity index (χ0n) is 19.1. The van der Waals surface area contributed by atoms with Crippen LogP contribution in [0.1, 0.15) is 48.7 Å². The molecule has 1 atom stereocenters. The van der Waals surface area contributed by atoms with Crippen molar-refractivity contribution in [1.29, 1.82) is 0 Å². The molecule has 2 aromatic heterocycles. The maximum Gasteiger partial charge on any atom is 0.253 e. The Bertz CT molecular complexity index is 1330. The molecule has 0 amide bonds. The predicted molar refractivity (Wildman–Crippen MR) is 126 cm³/mol. The highest BCUT2D eigenvalue weighted by Crippen LogP contribution is 2.30. The van der Waals surface area contributed by atoms with Crippen LogP contribution in [0.5, 0.6) is 5.75 Å². The summed E-state index contributed by atoms with van der Waals surface area (Å²) in [5.41, 5.74) is 2.03. The minimum Gasteiger partial charge on any atom is -0.497 e. The molecule has 9 heteroatoms. The van der Waals surface area contributed by atoms with E-state index in [1.165, 1.54) is 12.1 Å². The molecule has 176 valence electrons. The van der Waals surface area contributed by atoms with Gasteiger partial charge in [0.15, 0.2) is 5.82 Å². The third-order valence-electron chi connectivity index (χ3n) is 6.43. The van der Waals surface area contributed by atoms with Crippen LogP contribution in [0.2, 0.25) is 0 Å². The van der Waals surface area contributed by atoms with Gasteiger partial charge in [0.05, 0.1) is 19.2 Å². The normalized spacial score (nSPS) is 15.8. The van der Waals surface area contributed by atoms with Gasteiger partial charge in [-0.05, 0) is 77.6 Å². The number of nitrogens with zero attached hydrogens (tertiary/aromatic N) is 5. The van der Waals surface area contributed by atoms with Crippen molar-refractivity contribution in [3.8, 4) is 5.75 Å². The minimum absolute atomic E-state index is 0.175. The Morgan fingerprint density at radius 1 is 1.06 bits per heavy atom. The first kappa shape index (κ1) is 22.2. The van der Waals surface area contributed by atoms with Crippen molar-refractivity contribution in [1.82, 2.24) is 30.1 Å². The van der Waals surface area contributed by atoms with E-state index in [9.17, 15) is 9.18 Å². The van der Waals surface area contributed by atoms with Crippen molar-refractivity contribution >= 4 is 10.9 Å². The van der Waals surface area contributed by atoms with E-state index in [1.807, 2.05) is 24.3 Å². The second kappa shape index (κ2) is 9.72. The molecule has 1 aliphatic rings. The summed E-state index contributed by atoms with van der Waals surface area (Å²) in [7, 11) is 1.60. The average molecular weight is 463 g/mol. The summed E-state index contributed by atoms with van der Waals surface area (Å²) in [4.78, 5) is 18.7. The van der Waals surface area contributed by atoms with Gasteiger partial charge in [0.25, 0.3) is 5.56 Å². The van der Waals surface area contributed by atoms with Gasteiger partial charge in [0.2, 0.25) is 0 Å². The molecule has 2 aromatic carbocycles. The second-order valence-corrected chi connectivity index (χ2v) is 8.68. The van der Waals surface area contributed by atoms with Gasteiger partial charge >= 0.3 is 0 Å². The van der Waals surface area contributed by atoms with Gasteiger partial charge in [-0.25, -0.2) is 9.07 Å². The standard InChI is InChI=1S/C25H27FN6O2/c1-34-20-11-8-18-14-21(25(33)27-22(18)15-20)23(31-12-4-2-3-5-13-31)24-28-29-30-32(24)16-17-6-9-19(26)10-7-17/h6-11,14-15,23H,2-5,12-13,16H2,1H3,(H,27,33)/t23-/m0/s1. The van der Waals surface area contributed by atoms with Crippen molar-refractivity contribution in [2.24, 2.45) is 0 Å². The van der Waals surface area contributed by atoms with Gasteiger partial charge < -0.3 is 9.72 Å². The van der Waals surface area contributed by atoms with Crippen LogP contribution in [0.4, 0.5) is 4.39 Å². The van der Waals surface area contributed by atoms with Gasteiger partial charge in [-0.3, -0.25) is 9.69 Å². The van der Waals surface area contributed by atoms with E-state index in [4.69, 9.17) is 4.74 Å². The molecule has 5 rings (SSSR count). The number of rotatable bonds is 6. The second-order valence-electron chi connectivity index (χ2n) is 8.68. The summed E-state index contributed by atoms with van der Waals surface area (Å²) in [6.45, 7) is 2.10. The van der Waals surface area contributed by atoms with Gasteiger partial charge in [-0.2, -0.15) is 0 Å². The Labute approximate surface area is 196 Å². The van der Waals surface area contributed by atoms with Gasteiger partial charge in [-0.15, -0.1) is 5.10 Å². The summed E-state index contributed by atoms with van der Waals surface area (Å²) >= 11 is 0. The fourth-order valence-corrected chi connectivity index (χ4v) is 4.66. The Hall–Kier alpha value is -3.59. The van der Waals surface area contributed by atoms with Crippen LogP contribution in [0.25, 0.3) is 10.9 Å². The van der Waals surface area contributed by atoms with Crippen LogP contribution >= 0.6 is 0 Å². The first-order valence-corrected chi connectivity index (χ1v) is 11.6. The lowest BCUT2D eigenvalue weighted by atomic mass is 10.0. The minimum atomic E-state index is -0.399. The van der Waals surface area contributed by atoms with E-state index in [1.54, 1.807) is 23.9 Å². The summed E-state index contributed by atoms with van der Waals surface area (Å²) in [6.07, 6.45) is 4.44. The number of benzene rings is 2. The fraction of sp³-hybridized carbons (Fsp3) is 0.360. The lowest BCUT2D eigenvalue weighted by Gasteiger charge is -2.29. The molecule has 0 spiro atoms. The highest BCUT2D eigenvalue weighted by atomic mass is 19.1. The largest absolute Gasteiger partial charge is 0.497 e. The number of tetrazole rings is 1. The molecule has 0 unspecified atom stereocenters. The average Bonchev–Trinajstić information content (AvgIpc) is 3.12. The van der Waals surface area contributed by atoms with Crippen molar-refractivity contribution in [3.63, 3.8) is 0 Å². The summed E-state index contributed by atoms with van der Waals surface area (Å²) in [6, 6.07) is 13.5. The molecule has 1 saturated heterocycles. The number of ether oxygens (including phenoxy) is 1. The van der Waals surface area contributed by atoms with E-state index in [-0.39, 0.29) is 11.4 Å². The Kier molecular flexibility index (Phi) is 6.35. The summed E-state index contributed by atoms with van der Waals surface area (Å²) < 4.78 is 20.4. The quantitative estimate of drug-likeness (QED) is 0.470. The van der Waals surface area contributed by atoms with Crippen molar-refractivity contribution in [2.75, 3.05) is 20.2 Å². The van der Waals surface area contributed by atoms with E-state index in [0.29, 0.717) is 29.2 Å². The molecular weight excluding hydrogens is 435 g/mol. The number of methoxy groups -OCH3 is 1. The number of hydrogen-bond acceptors (Lipinski definition) is 6. The van der Waals surface area contributed by atoms with Crippen molar-refractivity contribution < 1.29 is 9.13 Å².